The van der Waals surface area contributed by atoms with Crippen LogP contribution in [0.15, 0.2) is 18.3 Å². The number of amides is 1. The largest absolute Gasteiger partial charge is 0.378 e. The number of pyridine rings is 1. The van der Waals surface area contributed by atoms with Crippen molar-refractivity contribution >= 4 is 11.6 Å². The predicted molar refractivity (Wildman–Crippen MR) is 83.2 cm³/mol. The summed E-state index contributed by atoms with van der Waals surface area (Å²) in [5.74, 6) is -0.140. The van der Waals surface area contributed by atoms with Crippen LogP contribution >= 0.6 is 0 Å². The standard InChI is InChI=1S/C16H23N3O3/c1-16(2)14(4-8-22-16)18-15(20)13-11-12(3-5-17-13)19-6-9-21-10-7-19/h3,5,11,14H,4,6-10H2,1-2H3,(H,18,20). The average molecular weight is 305 g/mol. The molecule has 0 bridgehead atoms. The lowest BCUT2D eigenvalue weighted by Gasteiger charge is -2.29. The van der Waals surface area contributed by atoms with Gasteiger partial charge in [0.2, 0.25) is 0 Å². The Morgan fingerprint density at radius 3 is 2.82 bits per heavy atom. The summed E-state index contributed by atoms with van der Waals surface area (Å²) in [5, 5.41) is 3.05. The summed E-state index contributed by atoms with van der Waals surface area (Å²) in [4.78, 5) is 18.9. The Kier molecular flexibility index (Phi) is 4.31. The van der Waals surface area contributed by atoms with Gasteiger partial charge < -0.3 is 19.7 Å². The lowest BCUT2D eigenvalue weighted by Crippen LogP contribution is -2.46. The molecule has 2 aliphatic rings. The summed E-state index contributed by atoms with van der Waals surface area (Å²) in [6.07, 6.45) is 2.53. The molecule has 1 N–H and O–H groups in total. The SMILES string of the molecule is CC1(C)OCCC1NC(=O)c1cc(N2CCOCC2)ccn1. The molecule has 0 spiro atoms. The second-order valence-electron chi connectivity index (χ2n) is 6.27. The Morgan fingerprint density at radius 1 is 1.36 bits per heavy atom. The molecule has 1 atom stereocenters. The lowest BCUT2D eigenvalue weighted by molar-refractivity contribution is 0.0212. The summed E-state index contributed by atoms with van der Waals surface area (Å²) in [6, 6.07) is 3.81. The molecule has 1 unspecified atom stereocenters. The van der Waals surface area contributed by atoms with Gasteiger partial charge in [0.05, 0.1) is 24.9 Å². The summed E-state index contributed by atoms with van der Waals surface area (Å²) in [6.45, 7) is 7.81. The number of hydrogen-bond donors (Lipinski definition) is 1. The van der Waals surface area contributed by atoms with E-state index >= 15 is 0 Å². The van der Waals surface area contributed by atoms with Crippen LogP contribution in [0.4, 0.5) is 5.69 Å². The van der Waals surface area contributed by atoms with Crippen LogP contribution in [0.1, 0.15) is 30.8 Å². The fourth-order valence-corrected chi connectivity index (χ4v) is 2.93. The third-order valence-corrected chi connectivity index (χ3v) is 4.38. The molecule has 3 rings (SSSR count). The van der Waals surface area contributed by atoms with E-state index in [2.05, 4.69) is 15.2 Å². The van der Waals surface area contributed by atoms with Crippen molar-refractivity contribution in [2.24, 2.45) is 0 Å². The summed E-state index contributed by atoms with van der Waals surface area (Å²) in [7, 11) is 0. The molecule has 2 aliphatic heterocycles. The quantitative estimate of drug-likeness (QED) is 0.909. The van der Waals surface area contributed by atoms with Gasteiger partial charge in [0.25, 0.3) is 5.91 Å². The first-order chi connectivity index (χ1) is 10.6. The molecule has 120 valence electrons. The van der Waals surface area contributed by atoms with Crippen LogP contribution in [0.2, 0.25) is 0 Å². The molecule has 1 aromatic heterocycles. The molecular weight excluding hydrogens is 282 g/mol. The maximum atomic E-state index is 12.5. The molecule has 1 amide bonds. The topological polar surface area (TPSA) is 63.7 Å². The zero-order valence-electron chi connectivity index (χ0n) is 13.2. The van der Waals surface area contributed by atoms with Gasteiger partial charge in [-0.05, 0) is 32.4 Å². The normalized spacial score (nSPS) is 24.3. The van der Waals surface area contributed by atoms with E-state index in [4.69, 9.17) is 9.47 Å². The van der Waals surface area contributed by atoms with E-state index in [0.29, 0.717) is 12.3 Å². The molecule has 6 nitrogen and oxygen atoms in total. The highest BCUT2D eigenvalue weighted by molar-refractivity contribution is 5.93. The van der Waals surface area contributed by atoms with E-state index in [-0.39, 0.29) is 17.6 Å². The third kappa shape index (κ3) is 3.23. The highest BCUT2D eigenvalue weighted by atomic mass is 16.5. The fraction of sp³-hybridized carbons (Fsp3) is 0.625. The summed E-state index contributed by atoms with van der Waals surface area (Å²) in [5.41, 5.74) is 1.15. The number of carbonyl (C=O) groups excluding carboxylic acids is 1. The molecule has 2 saturated heterocycles. The van der Waals surface area contributed by atoms with Crippen molar-refractivity contribution < 1.29 is 14.3 Å². The molecule has 0 aromatic carbocycles. The van der Waals surface area contributed by atoms with Gasteiger partial charge in [-0.15, -0.1) is 0 Å². The molecule has 6 heteroatoms. The number of nitrogens with zero attached hydrogens (tertiary/aromatic N) is 2. The Labute approximate surface area is 130 Å². The number of morpholine rings is 1. The molecule has 1 aromatic rings. The summed E-state index contributed by atoms with van der Waals surface area (Å²) < 4.78 is 11.0. The van der Waals surface area contributed by atoms with Gasteiger partial charge in [0.1, 0.15) is 5.69 Å². The van der Waals surface area contributed by atoms with E-state index in [1.807, 2.05) is 26.0 Å². The van der Waals surface area contributed by atoms with Crippen LogP contribution in [-0.2, 0) is 9.47 Å². The van der Waals surface area contributed by atoms with Crippen molar-refractivity contribution in [3.63, 3.8) is 0 Å². The zero-order valence-corrected chi connectivity index (χ0v) is 13.2. The molecular formula is C16H23N3O3. The number of carbonyl (C=O) groups is 1. The van der Waals surface area contributed by atoms with Crippen molar-refractivity contribution in [1.29, 1.82) is 0 Å². The second-order valence-corrected chi connectivity index (χ2v) is 6.27. The molecule has 0 aliphatic carbocycles. The Bertz CT molecular complexity index is 541. The predicted octanol–water partition coefficient (Wildman–Crippen LogP) is 1.22. The van der Waals surface area contributed by atoms with Crippen LogP contribution in [0.3, 0.4) is 0 Å². The first-order valence-electron chi connectivity index (χ1n) is 7.80. The molecule has 0 saturated carbocycles. The van der Waals surface area contributed by atoms with Crippen molar-refractivity contribution in [1.82, 2.24) is 10.3 Å². The minimum Gasteiger partial charge on any atom is -0.378 e. The van der Waals surface area contributed by atoms with Crippen molar-refractivity contribution in [3.8, 4) is 0 Å². The monoisotopic (exact) mass is 305 g/mol. The van der Waals surface area contributed by atoms with E-state index in [1.54, 1.807) is 6.20 Å². The second kappa shape index (κ2) is 6.22. The van der Waals surface area contributed by atoms with Gasteiger partial charge in [-0.1, -0.05) is 0 Å². The number of aromatic nitrogens is 1. The van der Waals surface area contributed by atoms with Gasteiger partial charge in [-0.3, -0.25) is 9.78 Å². The smallest absolute Gasteiger partial charge is 0.270 e. The Morgan fingerprint density at radius 2 is 2.14 bits per heavy atom. The van der Waals surface area contributed by atoms with E-state index in [0.717, 1.165) is 38.4 Å². The van der Waals surface area contributed by atoms with Gasteiger partial charge in [-0.2, -0.15) is 0 Å². The first-order valence-corrected chi connectivity index (χ1v) is 7.80. The molecule has 0 radical (unpaired) electrons. The number of anilines is 1. The van der Waals surface area contributed by atoms with Crippen LogP contribution in [0, 0.1) is 0 Å². The fourth-order valence-electron chi connectivity index (χ4n) is 2.93. The van der Waals surface area contributed by atoms with Crippen LogP contribution in [0.5, 0.6) is 0 Å². The lowest BCUT2D eigenvalue weighted by atomic mass is 9.99. The minimum absolute atomic E-state index is 0.0221. The zero-order chi connectivity index (χ0) is 15.6. The maximum absolute atomic E-state index is 12.5. The van der Waals surface area contributed by atoms with Gasteiger partial charge in [0.15, 0.2) is 0 Å². The van der Waals surface area contributed by atoms with Gasteiger partial charge in [0, 0.05) is 31.6 Å². The average Bonchev–Trinajstić information content (AvgIpc) is 2.87. The van der Waals surface area contributed by atoms with E-state index < -0.39 is 0 Å². The number of nitrogens with one attached hydrogen (secondary N) is 1. The highest BCUT2D eigenvalue weighted by Gasteiger charge is 2.37. The van der Waals surface area contributed by atoms with Crippen molar-refractivity contribution in [2.75, 3.05) is 37.8 Å². The summed E-state index contributed by atoms with van der Waals surface area (Å²) >= 11 is 0. The molecule has 22 heavy (non-hydrogen) atoms. The van der Waals surface area contributed by atoms with E-state index in [1.165, 1.54) is 0 Å². The Hall–Kier alpha value is -1.66. The van der Waals surface area contributed by atoms with Gasteiger partial charge in [-0.25, -0.2) is 0 Å². The van der Waals surface area contributed by atoms with Crippen LogP contribution in [0.25, 0.3) is 0 Å². The third-order valence-electron chi connectivity index (χ3n) is 4.38. The maximum Gasteiger partial charge on any atom is 0.270 e. The van der Waals surface area contributed by atoms with E-state index in [9.17, 15) is 4.79 Å². The molecule has 3 heterocycles. The molecule has 2 fully saturated rings. The van der Waals surface area contributed by atoms with Gasteiger partial charge >= 0.3 is 0 Å². The van der Waals surface area contributed by atoms with Crippen molar-refractivity contribution in [2.45, 2.75) is 31.9 Å². The number of hydrogen-bond acceptors (Lipinski definition) is 5. The minimum atomic E-state index is -0.322. The first kappa shape index (κ1) is 15.2. The number of rotatable bonds is 3. The Balaban J connectivity index is 1.70. The van der Waals surface area contributed by atoms with Crippen LogP contribution in [-0.4, -0.2) is 55.4 Å². The highest BCUT2D eigenvalue weighted by Crippen LogP contribution is 2.25. The van der Waals surface area contributed by atoms with Crippen molar-refractivity contribution in [3.05, 3.63) is 24.0 Å². The van der Waals surface area contributed by atoms with Crippen LogP contribution < -0.4 is 10.2 Å². The number of ether oxygens (including phenoxy) is 2.